The summed E-state index contributed by atoms with van der Waals surface area (Å²) in [6.45, 7) is 1.29. The van der Waals surface area contributed by atoms with Crippen molar-refractivity contribution in [2.24, 2.45) is 16.5 Å². The zero-order chi connectivity index (χ0) is 13.5. The van der Waals surface area contributed by atoms with Gasteiger partial charge < -0.3 is 16.4 Å². The highest BCUT2D eigenvalue weighted by Crippen LogP contribution is 2.24. The van der Waals surface area contributed by atoms with Crippen molar-refractivity contribution in [3.63, 3.8) is 0 Å². The quantitative estimate of drug-likeness (QED) is 0.632. The van der Waals surface area contributed by atoms with E-state index in [1.807, 2.05) is 36.4 Å². The maximum Gasteiger partial charge on any atom is 0.185 e. The van der Waals surface area contributed by atoms with Gasteiger partial charge in [-0.1, -0.05) is 36.4 Å². The summed E-state index contributed by atoms with van der Waals surface area (Å²) in [6, 6.07) is 20.4. The third kappa shape index (κ3) is 6.89. The van der Waals surface area contributed by atoms with Crippen LogP contribution in [-0.2, 0) is 0 Å². The van der Waals surface area contributed by atoms with Gasteiger partial charge in [-0.25, -0.2) is 0 Å². The highest BCUT2D eigenvalue weighted by Gasteiger charge is 2.07. The molecule has 0 aromatic heterocycles. The maximum absolute atomic E-state index is 5.37. The van der Waals surface area contributed by atoms with Gasteiger partial charge in [0.1, 0.15) is 0 Å². The Hall–Kier alpha value is -1.62. The van der Waals surface area contributed by atoms with E-state index in [0.29, 0.717) is 6.54 Å². The average Bonchev–Trinajstić information content (AvgIpc) is 2.45. The Balaban J connectivity index is 0. The molecule has 0 unspecified atom stereocenters. The first-order chi connectivity index (χ1) is 9.27. The Labute approximate surface area is 149 Å². The highest BCUT2D eigenvalue weighted by atomic mass is 35.5. The molecule has 0 atom stereocenters. The van der Waals surface area contributed by atoms with Crippen LogP contribution >= 0.6 is 37.2 Å². The van der Waals surface area contributed by atoms with Crippen LogP contribution < -0.4 is 16.4 Å². The van der Waals surface area contributed by atoms with Crippen molar-refractivity contribution in [3.05, 3.63) is 60.7 Å². The van der Waals surface area contributed by atoms with Crippen LogP contribution in [0.3, 0.4) is 0 Å². The van der Waals surface area contributed by atoms with Gasteiger partial charge in [-0.3, -0.25) is 4.99 Å². The predicted molar refractivity (Wildman–Crippen MR) is 102 cm³/mol. The molecule has 0 saturated heterocycles. The minimum atomic E-state index is 0. The molecule has 0 spiro atoms. The Morgan fingerprint density at radius 3 is 1.55 bits per heavy atom. The fourth-order valence-corrected chi connectivity index (χ4v) is 1.90. The number of guanidine groups is 1. The fourth-order valence-electron chi connectivity index (χ4n) is 1.90. The van der Waals surface area contributed by atoms with E-state index in [1.165, 1.54) is 0 Å². The molecular formula is C15H21Cl3N4. The lowest BCUT2D eigenvalue weighted by Crippen LogP contribution is -2.26. The Bertz CT molecular complexity index is 491. The molecule has 0 aliphatic heterocycles. The molecule has 4 nitrogen and oxygen atoms in total. The summed E-state index contributed by atoms with van der Waals surface area (Å²) in [6.07, 6.45) is 0. The molecule has 0 bridgehead atoms. The van der Waals surface area contributed by atoms with Crippen molar-refractivity contribution in [3.8, 4) is 0 Å². The third-order valence-corrected chi connectivity index (χ3v) is 2.75. The van der Waals surface area contributed by atoms with Crippen molar-refractivity contribution in [1.82, 2.24) is 0 Å². The molecule has 0 aliphatic rings. The summed E-state index contributed by atoms with van der Waals surface area (Å²) < 4.78 is 0. The summed E-state index contributed by atoms with van der Waals surface area (Å²) in [7, 11) is 0. The lowest BCUT2D eigenvalue weighted by atomic mass is 10.2. The first-order valence-corrected chi connectivity index (χ1v) is 6.20. The summed E-state index contributed by atoms with van der Waals surface area (Å²) in [5, 5.41) is 0. The number of hydrogen-bond acceptors (Lipinski definition) is 2. The summed E-state index contributed by atoms with van der Waals surface area (Å²) in [4.78, 5) is 6.23. The number of rotatable bonds is 5. The number of benzene rings is 2. The second-order valence-corrected chi connectivity index (χ2v) is 4.13. The van der Waals surface area contributed by atoms with Crippen LogP contribution in [0.4, 0.5) is 11.4 Å². The Kier molecular flexibility index (Phi) is 12.3. The van der Waals surface area contributed by atoms with Crippen LogP contribution in [0, 0.1) is 0 Å². The third-order valence-electron chi connectivity index (χ3n) is 2.75. The minimum Gasteiger partial charge on any atom is -0.370 e. The predicted octanol–water partition coefficient (Wildman–Crippen LogP) is 3.36. The van der Waals surface area contributed by atoms with Gasteiger partial charge in [0, 0.05) is 17.9 Å². The van der Waals surface area contributed by atoms with Gasteiger partial charge in [-0.05, 0) is 24.3 Å². The number of nitrogens with two attached hydrogens (primary N) is 2. The number of anilines is 2. The van der Waals surface area contributed by atoms with Gasteiger partial charge in [-0.15, -0.1) is 37.2 Å². The normalized spacial score (nSPS) is 8.55. The van der Waals surface area contributed by atoms with Gasteiger partial charge in [0.15, 0.2) is 5.96 Å². The lowest BCUT2D eigenvalue weighted by Gasteiger charge is -2.24. The summed E-state index contributed by atoms with van der Waals surface area (Å²) in [5.74, 6) is 0.126. The number of nitrogens with zero attached hydrogens (tertiary/aromatic N) is 2. The van der Waals surface area contributed by atoms with Crippen molar-refractivity contribution in [2.45, 2.75) is 0 Å². The molecule has 0 fully saturated rings. The zero-order valence-electron chi connectivity index (χ0n) is 12.0. The van der Waals surface area contributed by atoms with E-state index in [-0.39, 0.29) is 43.2 Å². The van der Waals surface area contributed by atoms with E-state index in [2.05, 4.69) is 34.2 Å². The van der Waals surface area contributed by atoms with Crippen LogP contribution in [0.15, 0.2) is 65.7 Å². The SMILES string of the molecule is Cl.Cl.Cl.NC(N)=NCCN(c1ccccc1)c1ccccc1. The van der Waals surface area contributed by atoms with Crippen molar-refractivity contribution in [2.75, 3.05) is 18.0 Å². The molecule has 0 amide bonds. The monoisotopic (exact) mass is 362 g/mol. The number of aliphatic imine (C=N–C) groups is 1. The highest BCUT2D eigenvalue weighted by molar-refractivity contribution is 5.86. The van der Waals surface area contributed by atoms with E-state index in [0.717, 1.165) is 17.9 Å². The van der Waals surface area contributed by atoms with Gasteiger partial charge >= 0.3 is 0 Å². The molecule has 4 N–H and O–H groups in total. The molecule has 0 heterocycles. The van der Waals surface area contributed by atoms with Gasteiger partial charge in [0.25, 0.3) is 0 Å². The molecule has 122 valence electrons. The standard InChI is InChI=1S/C15H18N4.3ClH/c16-15(17)18-11-12-19(13-7-3-1-4-8-13)14-9-5-2-6-10-14;;;/h1-10H,11-12H2,(H4,16,17,18);3*1H. The van der Waals surface area contributed by atoms with Crippen LogP contribution in [0.5, 0.6) is 0 Å². The molecule has 0 saturated carbocycles. The fraction of sp³-hybridized carbons (Fsp3) is 0.133. The molecule has 0 aliphatic carbocycles. The summed E-state index contributed by atoms with van der Waals surface area (Å²) >= 11 is 0. The molecular weight excluding hydrogens is 343 g/mol. The number of hydrogen-bond donors (Lipinski definition) is 2. The van der Waals surface area contributed by atoms with Crippen molar-refractivity contribution >= 4 is 54.6 Å². The largest absolute Gasteiger partial charge is 0.370 e. The average molecular weight is 364 g/mol. The van der Waals surface area contributed by atoms with E-state index >= 15 is 0 Å². The van der Waals surface area contributed by atoms with Crippen LogP contribution in [-0.4, -0.2) is 19.0 Å². The maximum atomic E-state index is 5.37. The lowest BCUT2D eigenvalue weighted by molar-refractivity contribution is 0.919. The van der Waals surface area contributed by atoms with Crippen LogP contribution in [0.2, 0.25) is 0 Å². The zero-order valence-corrected chi connectivity index (χ0v) is 14.4. The topological polar surface area (TPSA) is 67.6 Å². The van der Waals surface area contributed by atoms with Gasteiger partial charge in [0.2, 0.25) is 0 Å². The molecule has 0 radical (unpaired) electrons. The molecule has 2 aromatic rings. The first-order valence-electron chi connectivity index (χ1n) is 6.20. The van der Waals surface area contributed by atoms with Crippen LogP contribution in [0.1, 0.15) is 0 Å². The van der Waals surface area contributed by atoms with E-state index < -0.39 is 0 Å². The molecule has 7 heteroatoms. The summed E-state index contributed by atoms with van der Waals surface area (Å²) in [5.41, 5.74) is 13.0. The van der Waals surface area contributed by atoms with E-state index in [4.69, 9.17) is 11.5 Å². The van der Waals surface area contributed by atoms with Gasteiger partial charge in [0.05, 0.1) is 6.54 Å². The van der Waals surface area contributed by atoms with Crippen molar-refractivity contribution in [1.29, 1.82) is 0 Å². The molecule has 22 heavy (non-hydrogen) atoms. The first kappa shape index (κ1) is 22.7. The Morgan fingerprint density at radius 2 is 1.18 bits per heavy atom. The van der Waals surface area contributed by atoms with Gasteiger partial charge in [-0.2, -0.15) is 0 Å². The number of para-hydroxylation sites is 2. The van der Waals surface area contributed by atoms with Crippen molar-refractivity contribution < 1.29 is 0 Å². The van der Waals surface area contributed by atoms with E-state index in [1.54, 1.807) is 0 Å². The number of halogens is 3. The molecule has 2 rings (SSSR count). The minimum absolute atomic E-state index is 0. The smallest absolute Gasteiger partial charge is 0.185 e. The second-order valence-electron chi connectivity index (χ2n) is 4.13. The molecule has 2 aromatic carbocycles. The Morgan fingerprint density at radius 1 is 0.773 bits per heavy atom. The van der Waals surface area contributed by atoms with E-state index in [9.17, 15) is 0 Å². The van der Waals surface area contributed by atoms with Crippen LogP contribution in [0.25, 0.3) is 0 Å². The second kappa shape index (κ2) is 12.0.